The van der Waals surface area contributed by atoms with Gasteiger partial charge in [-0.05, 0) is 49.3 Å². The molecule has 1 aromatic rings. The van der Waals surface area contributed by atoms with Crippen LogP contribution in [0.4, 0.5) is 0 Å². The van der Waals surface area contributed by atoms with E-state index < -0.39 is 0 Å². The van der Waals surface area contributed by atoms with Gasteiger partial charge in [-0.1, -0.05) is 0 Å². The molecule has 0 amide bonds. The number of hydrogen-bond acceptors (Lipinski definition) is 5. The molecule has 0 aromatic heterocycles. The molecule has 3 rings (SSSR count). The van der Waals surface area contributed by atoms with Crippen LogP contribution in [0.25, 0.3) is 0 Å². The second kappa shape index (κ2) is 8.39. The van der Waals surface area contributed by atoms with E-state index in [4.69, 9.17) is 18.9 Å². The van der Waals surface area contributed by atoms with E-state index in [2.05, 4.69) is 17.0 Å². The first-order chi connectivity index (χ1) is 12.2. The van der Waals surface area contributed by atoms with E-state index in [1.807, 2.05) is 6.07 Å². The molecule has 1 unspecified atom stereocenters. The average molecular weight is 349 g/mol. The monoisotopic (exact) mass is 349 g/mol. The minimum Gasteiger partial charge on any atom is -0.497 e. The highest BCUT2D eigenvalue weighted by atomic mass is 16.5. The second-order valence-electron chi connectivity index (χ2n) is 7.18. The van der Waals surface area contributed by atoms with Crippen molar-refractivity contribution in [1.29, 1.82) is 0 Å². The second-order valence-corrected chi connectivity index (χ2v) is 7.18. The molecule has 2 saturated heterocycles. The van der Waals surface area contributed by atoms with Crippen LogP contribution in [0.5, 0.6) is 11.5 Å². The number of likely N-dealkylation sites (tertiary alicyclic amines) is 1. The van der Waals surface area contributed by atoms with Crippen LogP contribution in [-0.2, 0) is 16.0 Å². The molecule has 1 atom stereocenters. The van der Waals surface area contributed by atoms with Gasteiger partial charge in [0, 0.05) is 46.0 Å². The van der Waals surface area contributed by atoms with Crippen LogP contribution < -0.4 is 9.47 Å². The minimum absolute atomic E-state index is 0.0844. The van der Waals surface area contributed by atoms with Gasteiger partial charge in [0.1, 0.15) is 11.5 Å². The molecule has 5 heteroatoms. The fourth-order valence-corrected chi connectivity index (χ4v) is 4.31. The summed E-state index contributed by atoms with van der Waals surface area (Å²) in [5.74, 6) is 2.34. The Balaban J connectivity index is 1.59. The van der Waals surface area contributed by atoms with E-state index in [0.717, 1.165) is 63.6 Å². The average Bonchev–Trinajstić information content (AvgIpc) is 3.03. The number of nitrogens with zero attached hydrogens (tertiary/aromatic N) is 1. The van der Waals surface area contributed by atoms with Crippen molar-refractivity contribution in [3.8, 4) is 11.5 Å². The summed E-state index contributed by atoms with van der Waals surface area (Å²) >= 11 is 0. The molecule has 0 aliphatic carbocycles. The minimum atomic E-state index is 0.0844. The van der Waals surface area contributed by atoms with Gasteiger partial charge in [0.25, 0.3) is 0 Å². The molecule has 2 aliphatic rings. The van der Waals surface area contributed by atoms with Crippen molar-refractivity contribution >= 4 is 0 Å². The number of piperidine rings is 1. The van der Waals surface area contributed by atoms with Crippen molar-refractivity contribution in [2.45, 2.75) is 37.8 Å². The lowest BCUT2D eigenvalue weighted by atomic mass is 9.78. The highest BCUT2D eigenvalue weighted by Gasteiger charge is 2.45. The SMILES string of the molecule is COCCC1CCOC12CCN(Cc1cc(OC)cc(OC)c1)CC2. The molecule has 1 aromatic carbocycles. The first kappa shape index (κ1) is 18.5. The van der Waals surface area contributed by atoms with E-state index in [-0.39, 0.29) is 5.60 Å². The first-order valence-corrected chi connectivity index (χ1v) is 9.26. The predicted molar refractivity (Wildman–Crippen MR) is 97.3 cm³/mol. The molecule has 0 saturated carbocycles. The van der Waals surface area contributed by atoms with Crippen LogP contribution in [-0.4, -0.2) is 58.1 Å². The third-order valence-electron chi connectivity index (χ3n) is 5.79. The van der Waals surface area contributed by atoms with Crippen LogP contribution in [0.2, 0.25) is 0 Å². The lowest BCUT2D eigenvalue weighted by Gasteiger charge is -2.42. The number of ether oxygens (including phenoxy) is 4. The van der Waals surface area contributed by atoms with Crippen LogP contribution in [0, 0.1) is 5.92 Å². The topological polar surface area (TPSA) is 40.2 Å². The zero-order chi connectivity index (χ0) is 17.7. The Kier molecular flexibility index (Phi) is 6.20. The smallest absolute Gasteiger partial charge is 0.122 e. The fraction of sp³-hybridized carbons (Fsp3) is 0.700. The quantitative estimate of drug-likeness (QED) is 0.756. The van der Waals surface area contributed by atoms with Gasteiger partial charge in [-0.15, -0.1) is 0 Å². The summed E-state index contributed by atoms with van der Waals surface area (Å²) in [6, 6.07) is 6.11. The Hall–Kier alpha value is -1.30. The van der Waals surface area contributed by atoms with Gasteiger partial charge in [-0.2, -0.15) is 0 Å². The summed E-state index contributed by atoms with van der Waals surface area (Å²) in [5.41, 5.74) is 1.32. The van der Waals surface area contributed by atoms with Crippen molar-refractivity contribution in [2.75, 3.05) is 47.6 Å². The van der Waals surface area contributed by atoms with E-state index >= 15 is 0 Å². The third-order valence-corrected chi connectivity index (χ3v) is 5.79. The van der Waals surface area contributed by atoms with Crippen molar-refractivity contribution in [3.05, 3.63) is 23.8 Å². The highest BCUT2D eigenvalue weighted by molar-refractivity contribution is 5.38. The van der Waals surface area contributed by atoms with Crippen LogP contribution >= 0.6 is 0 Å². The van der Waals surface area contributed by atoms with Gasteiger partial charge in [-0.3, -0.25) is 4.90 Å². The molecular formula is C20H31NO4. The standard InChI is InChI=1S/C20H31NO4/c1-22-10-4-17-5-11-25-20(17)6-8-21(9-7-20)15-16-12-18(23-2)14-19(13-16)24-3/h12-14,17H,4-11,15H2,1-3H3. The zero-order valence-electron chi connectivity index (χ0n) is 15.8. The lowest BCUT2D eigenvalue weighted by Crippen LogP contribution is -2.47. The molecule has 5 nitrogen and oxygen atoms in total. The Labute approximate surface area is 151 Å². The Bertz CT molecular complexity index is 532. The lowest BCUT2D eigenvalue weighted by molar-refractivity contribution is -0.0721. The normalized spacial score (nSPS) is 23.1. The van der Waals surface area contributed by atoms with Gasteiger partial charge < -0.3 is 18.9 Å². The highest BCUT2D eigenvalue weighted by Crippen LogP contribution is 2.42. The number of hydrogen-bond donors (Lipinski definition) is 0. The summed E-state index contributed by atoms with van der Waals surface area (Å²) in [6.45, 7) is 4.81. The molecule has 0 bridgehead atoms. The molecule has 2 aliphatic heterocycles. The molecule has 0 N–H and O–H groups in total. The summed E-state index contributed by atoms with van der Waals surface area (Å²) in [7, 11) is 5.18. The third kappa shape index (κ3) is 4.27. The van der Waals surface area contributed by atoms with Gasteiger partial charge in [0.2, 0.25) is 0 Å². The van der Waals surface area contributed by atoms with Crippen LogP contribution in [0.3, 0.4) is 0 Å². The zero-order valence-corrected chi connectivity index (χ0v) is 15.8. The Morgan fingerprint density at radius 3 is 2.36 bits per heavy atom. The maximum Gasteiger partial charge on any atom is 0.122 e. The molecule has 1 spiro atoms. The molecule has 25 heavy (non-hydrogen) atoms. The van der Waals surface area contributed by atoms with E-state index in [1.54, 1.807) is 21.3 Å². The van der Waals surface area contributed by atoms with Gasteiger partial charge in [0.05, 0.1) is 19.8 Å². The molecular weight excluding hydrogens is 318 g/mol. The number of rotatable bonds is 7. The van der Waals surface area contributed by atoms with Crippen molar-refractivity contribution in [2.24, 2.45) is 5.92 Å². The Morgan fingerprint density at radius 2 is 1.76 bits per heavy atom. The first-order valence-electron chi connectivity index (χ1n) is 9.26. The number of methoxy groups -OCH3 is 3. The van der Waals surface area contributed by atoms with Gasteiger partial charge >= 0.3 is 0 Å². The van der Waals surface area contributed by atoms with E-state index in [1.165, 1.54) is 12.0 Å². The summed E-state index contributed by atoms with van der Waals surface area (Å²) in [4.78, 5) is 2.51. The Morgan fingerprint density at radius 1 is 1.08 bits per heavy atom. The van der Waals surface area contributed by atoms with Crippen molar-refractivity contribution in [3.63, 3.8) is 0 Å². The summed E-state index contributed by atoms with van der Waals surface area (Å²) in [6.07, 6.45) is 4.52. The van der Waals surface area contributed by atoms with Crippen molar-refractivity contribution in [1.82, 2.24) is 4.90 Å². The largest absolute Gasteiger partial charge is 0.497 e. The van der Waals surface area contributed by atoms with Gasteiger partial charge in [0.15, 0.2) is 0 Å². The molecule has 2 heterocycles. The molecule has 0 radical (unpaired) electrons. The van der Waals surface area contributed by atoms with Crippen molar-refractivity contribution < 1.29 is 18.9 Å². The van der Waals surface area contributed by atoms with E-state index in [0.29, 0.717) is 5.92 Å². The fourth-order valence-electron chi connectivity index (χ4n) is 4.31. The van der Waals surface area contributed by atoms with Crippen LogP contribution in [0.15, 0.2) is 18.2 Å². The summed E-state index contributed by atoms with van der Waals surface area (Å²) < 4.78 is 22.3. The summed E-state index contributed by atoms with van der Waals surface area (Å²) in [5, 5.41) is 0. The molecule has 2 fully saturated rings. The predicted octanol–water partition coefficient (Wildman–Crippen LogP) is 3.11. The van der Waals surface area contributed by atoms with Crippen LogP contribution in [0.1, 0.15) is 31.2 Å². The number of benzene rings is 1. The maximum atomic E-state index is 6.24. The maximum absolute atomic E-state index is 6.24. The molecule has 140 valence electrons. The van der Waals surface area contributed by atoms with Gasteiger partial charge in [-0.25, -0.2) is 0 Å². The van der Waals surface area contributed by atoms with E-state index in [9.17, 15) is 0 Å².